The first-order valence-corrected chi connectivity index (χ1v) is 5.56. The molecule has 0 atom stereocenters. The van der Waals surface area contributed by atoms with Gasteiger partial charge in [-0.2, -0.15) is 0 Å². The SMILES string of the molecule is CC(=O)Cc1ccc(CC(=O)NCCO)cc1. The summed E-state index contributed by atoms with van der Waals surface area (Å²) in [4.78, 5) is 22.3. The van der Waals surface area contributed by atoms with Gasteiger partial charge in [0.05, 0.1) is 13.0 Å². The smallest absolute Gasteiger partial charge is 0.224 e. The molecule has 0 aliphatic rings. The van der Waals surface area contributed by atoms with Crippen LogP contribution in [0.3, 0.4) is 0 Å². The number of rotatable bonds is 6. The highest BCUT2D eigenvalue weighted by molar-refractivity contribution is 5.79. The van der Waals surface area contributed by atoms with E-state index in [0.29, 0.717) is 12.8 Å². The number of ketones is 1. The second kappa shape index (κ2) is 6.81. The first-order valence-electron chi connectivity index (χ1n) is 5.56. The molecule has 0 aliphatic carbocycles. The van der Waals surface area contributed by atoms with Crippen LogP contribution in [0.5, 0.6) is 0 Å². The highest BCUT2D eigenvalue weighted by Crippen LogP contribution is 2.06. The van der Waals surface area contributed by atoms with E-state index >= 15 is 0 Å². The average Bonchev–Trinajstić information content (AvgIpc) is 2.28. The maximum atomic E-state index is 11.4. The summed E-state index contributed by atoms with van der Waals surface area (Å²) in [6, 6.07) is 7.40. The van der Waals surface area contributed by atoms with Crippen LogP contribution >= 0.6 is 0 Å². The number of nitrogens with one attached hydrogen (secondary N) is 1. The Morgan fingerprint density at radius 2 is 1.65 bits per heavy atom. The summed E-state index contributed by atoms with van der Waals surface area (Å²) in [5.74, 6) is 0.0109. The molecule has 0 bridgehead atoms. The predicted molar refractivity (Wildman–Crippen MR) is 64.6 cm³/mol. The van der Waals surface area contributed by atoms with Gasteiger partial charge in [0, 0.05) is 13.0 Å². The van der Waals surface area contributed by atoms with Crippen molar-refractivity contribution in [1.82, 2.24) is 5.32 Å². The average molecular weight is 235 g/mol. The van der Waals surface area contributed by atoms with Gasteiger partial charge in [0.25, 0.3) is 0 Å². The van der Waals surface area contributed by atoms with Gasteiger partial charge in [-0.3, -0.25) is 9.59 Å². The molecule has 92 valence electrons. The van der Waals surface area contributed by atoms with Crippen molar-refractivity contribution in [3.8, 4) is 0 Å². The molecule has 4 heteroatoms. The van der Waals surface area contributed by atoms with Crippen molar-refractivity contribution >= 4 is 11.7 Å². The summed E-state index contributed by atoms with van der Waals surface area (Å²) < 4.78 is 0. The van der Waals surface area contributed by atoms with E-state index in [-0.39, 0.29) is 24.8 Å². The summed E-state index contributed by atoms with van der Waals surface area (Å²) in [6.07, 6.45) is 0.720. The number of amides is 1. The molecule has 1 rings (SSSR count). The molecule has 0 aliphatic heterocycles. The minimum atomic E-state index is -0.113. The third-order valence-electron chi connectivity index (χ3n) is 2.27. The van der Waals surface area contributed by atoms with Gasteiger partial charge in [0.2, 0.25) is 5.91 Å². The third kappa shape index (κ3) is 5.26. The van der Waals surface area contributed by atoms with Gasteiger partial charge >= 0.3 is 0 Å². The van der Waals surface area contributed by atoms with Crippen LogP contribution in [0.15, 0.2) is 24.3 Å². The van der Waals surface area contributed by atoms with E-state index < -0.39 is 0 Å². The van der Waals surface area contributed by atoms with Gasteiger partial charge in [0.1, 0.15) is 5.78 Å². The van der Waals surface area contributed by atoms with E-state index in [1.807, 2.05) is 24.3 Å². The number of benzene rings is 1. The summed E-state index contributed by atoms with van der Waals surface area (Å²) in [5, 5.41) is 11.1. The van der Waals surface area contributed by atoms with Crippen LogP contribution in [-0.4, -0.2) is 29.9 Å². The molecule has 0 fully saturated rings. The maximum absolute atomic E-state index is 11.4. The maximum Gasteiger partial charge on any atom is 0.224 e. The molecule has 1 aromatic carbocycles. The van der Waals surface area contributed by atoms with Crippen LogP contribution in [0.2, 0.25) is 0 Å². The van der Waals surface area contributed by atoms with Gasteiger partial charge < -0.3 is 10.4 Å². The summed E-state index contributed by atoms with van der Waals surface area (Å²) in [6.45, 7) is 1.78. The molecule has 2 N–H and O–H groups in total. The molecule has 0 saturated heterocycles. The third-order valence-corrected chi connectivity index (χ3v) is 2.27. The molecule has 1 amide bonds. The van der Waals surface area contributed by atoms with Crippen LogP contribution in [0.4, 0.5) is 0 Å². The summed E-state index contributed by atoms with van der Waals surface area (Å²) >= 11 is 0. The molecule has 0 aromatic heterocycles. The second-order valence-corrected chi connectivity index (χ2v) is 3.95. The lowest BCUT2D eigenvalue weighted by atomic mass is 10.1. The van der Waals surface area contributed by atoms with E-state index in [1.165, 1.54) is 0 Å². The number of carbonyl (C=O) groups excluding carboxylic acids is 2. The first kappa shape index (κ1) is 13.4. The van der Waals surface area contributed by atoms with E-state index in [0.717, 1.165) is 11.1 Å². The standard InChI is InChI=1S/C13H17NO3/c1-10(16)8-11-2-4-12(5-3-11)9-13(17)14-6-7-15/h2-5,15H,6-9H2,1H3,(H,14,17). The molecule has 0 unspecified atom stereocenters. The normalized spacial score (nSPS) is 10.0. The lowest BCUT2D eigenvalue weighted by Crippen LogP contribution is -2.27. The Morgan fingerprint density at radius 3 is 2.12 bits per heavy atom. The van der Waals surface area contributed by atoms with Crippen LogP contribution in [0, 0.1) is 0 Å². The zero-order valence-corrected chi connectivity index (χ0v) is 9.90. The minimum absolute atomic E-state index is 0.0523. The van der Waals surface area contributed by atoms with Gasteiger partial charge in [-0.05, 0) is 18.1 Å². The van der Waals surface area contributed by atoms with Gasteiger partial charge in [-0.1, -0.05) is 24.3 Å². The Hall–Kier alpha value is -1.68. The van der Waals surface area contributed by atoms with Crippen LogP contribution in [0.25, 0.3) is 0 Å². The van der Waals surface area contributed by atoms with Gasteiger partial charge in [0.15, 0.2) is 0 Å². The number of aliphatic hydroxyl groups is 1. The molecule has 0 saturated carbocycles. The fourth-order valence-electron chi connectivity index (χ4n) is 1.51. The fraction of sp³-hybridized carbons (Fsp3) is 0.385. The molecule has 17 heavy (non-hydrogen) atoms. The summed E-state index contributed by atoms with van der Waals surface area (Å²) in [7, 11) is 0. The van der Waals surface area contributed by atoms with Crippen LogP contribution in [0.1, 0.15) is 18.1 Å². The molecule has 0 radical (unpaired) electrons. The second-order valence-electron chi connectivity index (χ2n) is 3.95. The van der Waals surface area contributed by atoms with Crippen LogP contribution in [-0.2, 0) is 22.4 Å². The van der Waals surface area contributed by atoms with Crippen molar-refractivity contribution in [3.63, 3.8) is 0 Å². The Bertz CT molecular complexity index is 384. The van der Waals surface area contributed by atoms with Crippen molar-refractivity contribution in [2.75, 3.05) is 13.2 Å². The topological polar surface area (TPSA) is 66.4 Å². The molecule has 4 nitrogen and oxygen atoms in total. The highest BCUT2D eigenvalue weighted by atomic mass is 16.3. The van der Waals surface area contributed by atoms with Crippen LogP contribution < -0.4 is 5.32 Å². The Labute approximate surface area is 101 Å². The minimum Gasteiger partial charge on any atom is -0.395 e. The quantitative estimate of drug-likeness (QED) is 0.753. The molecule has 0 spiro atoms. The lowest BCUT2D eigenvalue weighted by molar-refractivity contribution is -0.120. The summed E-state index contributed by atoms with van der Waals surface area (Å²) in [5.41, 5.74) is 1.85. The lowest BCUT2D eigenvalue weighted by Gasteiger charge is -2.04. The van der Waals surface area contributed by atoms with E-state index in [1.54, 1.807) is 6.92 Å². The number of Topliss-reactive ketones (excluding diaryl/α,β-unsaturated/α-hetero) is 1. The Morgan fingerprint density at radius 1 is 1.12 bits per heavy atom. The van der Waals surface area contributed by atoms with Gasteiger partial charge in [-0.15, -0.1) is 0 Å². The monoisotopic (exact) mass is 235 g/mol. The van der Waals surface area contributed by atoms with E-state index in [9.17, 15) is 9.59 Å². The van der Waals surface area contributed by atoms with Crippen molar-refractivity contribution in [3.05, 3.63) is 35.4 Å². The fourth-order valence-corrected chi connectivity index (χ4v) is 1.51. The number of carbonyl (C=O) groups is 2. The largest absolute Gasteiger partial charge is 0.395 e. The zero-order valence-electron chi connectivity index (χ0n) is 9.90. The Balaban J connectivity index is 2.50. The number of hydrogen-bond acceptors (Lipinski definition) is 3. The molecule has 1 aromatic rings. The van der Waals surface area contributed by atoms with Crippen molar-refractivity contribution in [2.24, 2.45) is 0 Å². The molecular formula is C13H17NO3. The molecule has 0 heterocycles. The first-order chi connectivity index (χ1) is 8.11. The van der Waals surface area contributed by atoms with Gasteiger partial charge in [-0.25, -0.2) is 0 Å². The van der Waals surface area contributed by atoms with Crippen molar-refractivity contribution in [2.45, 2.75) is 19.8 Å². The zero-order chi connectivity index (χ0) is 12.7. The molecular weight excluding hydrogens is 218 g/mol. The highest BCUT2D eigenvalue weighted by Gasteiger charge is 2.03. The predicted octanol–water partition coefficient (Wildman–Crippen LogP) is 0.469. The number of aliphatic hydroxyl groups excluding tert-OH is 1. The van der Waals surface area contributed by atoms with Crippen molar-refractivity contribution in [1.29, 1.82) is 0 Å². The number of hydrogen-bond donors (Lipinski definition) is 2. The Kier molecular flexibility index (Phi) is 5.36. The van der Waals surface area contributed by atoms with E-state index in [4.69, 9.17) is 5.11 Å². The van der Waals surface area contributed by atoms with Crippen molar-refractivity contribution < 1.29 is 14.7 Å². The van der Waals surface area contributed by atoms with E-state index in [2.05, 4.69) is 5.32 Å².